The van der Waals surface area contributed by atoms with Crippen LogP contribution in [0.4, 0.5) is 11.4 Å². The predicted octanol–water partition coefficient (Wildman–Crippen LogP) is 6.78. The van der Waals surface area contributed by atoms with Gasteiger partial charge in [0.15, 0.2) is 6.29 Å². The fraction of sp³-hybridized carbons (Fsp3) is 0.286. The summed E-state index contributed by atoms with van der Waals surface area (Å²) in [4.78, 5) is 24.3. The van der Waals surface area contributed by atoms with Crippen LogP contribution in [-0.4, -0.2) is 32.6 Å². The number of amides is 2. The van der Waals surface area contributed by atoms with Crippen molar-refractivity contribution in [2.24, 2.45) is 0 Å². The zero-order valence-electron chi connectivity index (χ0n) is 20.9. The smallest absolute Gasteiger partial charge is 0.276 e. The Hall–Kier alpha value is -2.30. The second-order valence-corrected chi connectivity index (χ2v) is 12.3. The molecule has 3 atom stereocenters. The van der Waals surface area contributed by atoms with Gasteiger partial charge >= 0.3 is 0 Å². The number of hydrogen-bond donors (Lipinski definition) is 3. The maximum absolute atomic E-state index is 12.0. The van der Waals surface area contributed by atoms with Gasteiger partial charge in [-0.05, 0) is 47.5 Å². The summed E-state index contributed by atoms with van der Waals surface area (Å²) in [6, 6.07) is 22.3. The minimum Gasteiger partial charge on any atom is -0.392 e. The van der Waals surface area contributed by atoms with Crippen LogP contribution in [0.3, 0.4) is 0 Å². The molecule has 0 radical (unpaired) electrons. The van der Waals surface area contributed by atoms with Gasteiger partial charge < -0.3 is 25.2 Å². The zero-order chi connectivity index (χ0) is 28.0. The van der Waals surface area contributed by atoms with Crippen molar-refractivity contribution in [1.82, 2.24) is 0 Å². The number of nitrogens with one attached hydrogen (secondary N) is 2. The number of halogens is 3. The van der Waals surface area contributed by atoms with Crippen molar-refractivity contribution in [3.8, 4) is 0 Å². The molecule has 4 rings (SSSR count). The molecule has 0 spiro atoms. The number of carbonyl (C=O) groups is 2. The summed E-state index contributed by atoms with van der Waals surface area (Å²) < 4.78 is 10.6. The molecule has 0 bridgehead atoms. The zero-order valence-corrected chi connectivity index (χ0v) is 24.0. The quantitative estimate of drug-likeness (QED) is 0.192. The molecule has 1 fully saturated rings. The molecule has 206 valence electrons. The maximum atomic E-state index is 12.0. The molecule has 3 aromatic carbocycles. The van der Waals surface area contributed by atoms with Gasteiger partial charge in [-0.1, -0.05) is 71.2 Å². The molecule has 3 aromatic rings. The summed E-state index contributed by atoms with van der Waals surface area (Å²) in [5, 5.41) is 14.7. The molecule has 0 aliphatic carbocycles. The monoisotopic (exact) mass is 608 g/mol. The van der Waals surface area contributed by atoms with Gasteiger partial charge in [0.05, 0.1) is 18.8 Å². The van der Waals surface area contributed by atoms with Gasteiger partial charge in [0, 0.05) is 40.9 Å². The van der Waals surface area contributed by atoms with Gasteiger partial charge in [-0.25, -0.2) is 0 Å². The van der Waals surface area contributed by atoms with Crippen LogP contribution in [0.2, 0.25) is 0 Å². The first-order valence-electron chi connectivity index (χ1n) is 12.1. The Balaban J connectivity index is 1.48. The van der Waals surface area contributed by atoms with E-state index < -0.39 is 16.0 Å². The van der Waals surface area contributed by atoms with E-state index in [9.17, 15) is 14.7 Å². The second kappa shape index (κ2) is 13.4. The van der Waals surface area contributed by atoms with Crippen LogP contribution >= 0.6 is 46.6 Å². The highest BCUT2D eigenvalue weighted by Gasteiger charge is 2.33. The second-order valence-electron chi connectivity index (χ2n) is 8.94. The van der Waals surface area contributed by atoms with Crippen LogP contribution in [-0.2, 0) is 25.7 Å². The molecular weight excluding hydrogens is 583 g/mol. The number of rotatable bonds is 8. The summed E-state index contributed by atoms with van der Waals surface area (Å²) in [5.74, 6) is -0.183. The third kappa shape index (κ3) is 8.59. The molecule has 1 saturated heterocycles. The van der Waals surface area contributed by atoms with Gasteiger partial charge in [-0.3, -0.25) is 9.59 Å². The molecule has 11 heteroatoms. The normalized spacial score (nSPS) is 19.4. The first-order valence-corrected chi connectivity index (χ1v) is 14.2. The van der Waals surface area contributed by atoms with Crippen molar-refractivity contribution in [2.75, 3.05) is 16.4 Å². The maximum Gasteiger partial charge on any atom is 0.276 e. The van der Waals surface area contributed by atoms with Gasteiger partial charge in [0.1, 0.15) is 0 Å². The highest BCUT2D eigenvalue weighted by atomic mass is 35.6. The first kappa shape index (κ1) is 29.7. The number of ether oxygens (including phenoxy) is 2. The fourth-order valence-electron chi connectivity index (χ4n) is 3.98. The molecule has 39 heavy (non-hydrogen) atoms. The van der Waals surface area contributed by atoms with Crippen molar-refractivity contribution >= 4 is 69.8 Å². The lowest BCUT2D eigenvalue weighted by Gasteiger charge is -2.36. The van der Waals surface area contributed by atoms with Gasteiger partial charge in [-0.15, -0.1) is 11.8 Å². The number of alkyl halides is 3. The molecule has 7 nitrogen and oxygen atoms in total. The van der Waals surface area contributed by atoms with Crippen molar-refractivity contribution in [3.05, 3.63) is 89.5 Å². The van der Waals surface area contributed by atoms with Crippen molar-refractivity contribution in [1.29, 1.82) is 0 Å². The molecule has 1 aliphatic rings. The average Bonchev–Trinajstić information content (AvgIpc) is 2.92. The lowest BCUT2D eigenvalue weighted by molar-refractivity contribution is -0.245. The number of hydrogen-bond acceptors (Lipinski definition) is 6. The van der Waals surface area contributed by atoms with Crippen LogP contribution in [0.15, 0.2) is 77.7 Å². The van der Waals surface area contributed by atoms with E-state index in [1.807, 2.05) is 48.5 Å². The third-order valence-electron chi connectivity index (χ3n) is 5.92. The van der Waals surface area contributed by atoms with E-state index in [1.165, 1.54) is 6.92 Å². The Kier molecular flexibility index (Phi) is 10.2. The standard InChI is InChI=1S/C28H27Cl3N2O5S/c1-17(35)32-21-10-12-24(13-11-21)39-16-23-14-25(19-4-2-18(15-34)3-5-19)38-26(37-23)20-6-8-22(9-7-20)33-27(36)28(29,30)31/h2-13,23,25-26,34H,14-16H2,1H3,(H,32,35)(H,33,36)/t23-,25+,26+/m1/s1. The number of carbonyl (C=O) groups excluding carboxylic acids is 2. The molecule has 1 aliphatic heterocycles. The summed E-state index contributed by atoms with van der Waals surface area (Å²) in [6.07, 6.45) is -0.362. The average molecular weight is 610 g/mol. The highest BCUT2D eigenvalue weighted by Crippen LogP contribution is 2.40. The Labute approximate surface area is 246 Å². The van der Waals surface area contributed by atoms with E-state index in [2.05, 4.69) is 10.6 Å². The topological polar surface area (TPSA) is 96.9 Å². The van der Waals surface area contributed by atoms with E-state index in [4.69, 9.17) is 44.3 Å². The van der Waals surface area contributed by atoms with Crippen LogP contribution in [0.5, 0.6) is 0 Å². The van der Waals surface area contributed by atoms with Crippen LogP contribution in [0.25, 0.3) is 0 Å². The van der Waals surface area contributed by atoms with Gasteiger partial charge in [-0.2, -0.15) is 0 Å². The largest absolute Gasteiger partial charge is 0.392 e. The van der Waals surface area contributed by atoms with Crippen molar-refractivity contribution in [3.63, 3.8) is 0 Å². The summed E-state index contributed by atoms with van der Waals surface area (Å²) >= 11 is 18.6. The van der Waals surface area contributed by atoms with E-state index in [1.54, 1.807) is 36.0 Å². The lowest BCUT2D eigenvalue weighted by Crippen LogP contribution is -2.31. The Morgan fingerprint density at radius 3 is 2.08 bits per heavy atom. The van der Waals surface area contributed by atoms with E-state index >= 15 is 0 Å². The molecule has 0 unspecified atom stereocenters. The Bertz CT molecular complexity index is 1270. The highest BCUT2D eigenvalue weighted by molar-refractivity contribution is 7.99. The minimum absolute atomic E-state index is 0.0291. The van der Waals surface area contributed by atoms with E-state index in [-0.39, 0.29) is 24.7 Å². The molecule has 1 heterocycles. The molecule has 0 saturated carbocycles. The van der Waals surface area contributed by atoms with Crippen molar-refractivity contribution < 1.29 is 24.2 Å². The number of aliphatic hydroxyl groups excluding tert-OH is 1. The molecule has 3 N–H and O–H groups in total. The molecule has 2 amide bonds. The van der Waals surface area contributed by atoms with Crippen LogP contribution < -0.4 is 10.6 Å². The third-order valence-corrected chi connectivity index (χ3v) is 7.58. The van der Waals surface area contributed by atoms with Crippen LogP contribution in [0, 0.1) is 0 Å². The fourth-order valence-corrected chi connectivity index (χ4v) is 5.04. The van der Waals surface area contributed by atoms with Gasteiger partial charge in [0.25, 0.3) is 9.70 Å². The van der Waals surface area contributed by atoms with E-state index in [0.717, 1.165) is 27.3 Å². The Morgan fingerprint density at radius 1 is 0.897 bits per heavy atom. The number of benzene rings is 3. The SMILES string of the molecule is CC(=O)Nc1ccc(SC[C@H]2C[C@@H](c3ccc(CO)cc3)O[C@@H](c3ccc(NC(=O)C(Cl)(Cl)Cl)cc3)O2)cc1. The number of thioether (sulfide) groups is 1. The number of anilines is 2. The predicted molar refractivity (Wildman–Crippen MR) is 155 cm³/mol. The van der Waals surface area contributed by atoms with Gasteiger partial charge in [0.2, 0.25) is 5.91 Å². The summed E-state index contributed by atoms with van der Waals surface area (Å²) in [7, 11) is 0. The minimum atomic E-state index is -2.07. The van der Waals surface area contributed by atoms with Crippen molar-refractivity contribution in [2.45, 2.75) is 47.1 Å². The summed E-state index contributed by atoms with van der Waals surface area (Å²) in [5.41, 5.74) is 3.80. The first-order chi connectivity index (χ1) is 18.6. The number of aliphatic hydroxyl groups is 1. The molecule has 0 aromatic heterocycles. The van der Waals surface area contributed by atoms with E-state index in [0.29, 0.717) is 17.9 Å². The summed E-state index contributed by atoms with van der Waals surface area (Å²) in [6.45, 7) is 1.45. The molecular formula is C28H27Cl3N2O5S. The Morgan fingerprint density at radius 2 is 1.49 bits per heavy atom. The lowest BCUT2D eigenvalue weighted by atomic mass is 10.0. The van der Waals surface area contributed by atoms with Crippen LogP contribution in [0.1, 0.15) is 42.4 Å².